The minimum absolute atomic E-state index is 0.155. The maximum atomic E-state index is 12.7. The van der Waals surface area contributed by atoms with Crippen molar-refractivity contribution >= 4 is 26.0 Å². The molecule has 1 aromatic rings. The van der Waals surface area contributed by atoms with Crippen LogP contribution in [0.5, 0.6) is 5.75 Å². The molecule has 0 amide bonds. The van der Waals surface area contributed by atoms with Gasteiger partial charge in [-0.1, -0.05) is 6.92 Å². The number of aliphatic hydroxyl groups excluding tert-OH is 1. The maximum Gasteiger partial charge on any atom is 0.243 e. The number of rotatable bonds is 4. The number of methoxy groups -OCH3 is 1. The summed E-state index contributed by atoms with van der Waals surface area (Å²) in [6.07, 6.45) is 0.766. The number of ether oxygens (including phenoxy) is 1. The number of aliphatic hydroxyl groups is 1. The first-order valence-corrected chi connectivity index (χ1v) is 8.61. The van der Waals surface area contributed by atoms with Crippen LogP contribution in [0.15, 0.2) is 27.6 Å². The smallest absolute Gasteiger partial charge is 0.243 e. The first-order chi connectivity index (χ1) is 9.41. The molecule has 5 nitrogen and oxygen atoms in total. The van der Waals surface area contributed by atoms with Gasteiger partial charge in [-0.25, -0.2) is 8.42 Å². The molecule has 1 heterocycles. The van der Waals surface area contributed by atoms with Crippen molar-refractivity contribution in [2.75, 3.05) is 20.3 Å². The monoisotopic (exact) mass is 363 g/mol. The second kappa shape index (κ2) is 6.01. The Bertz CT molecular complexity index is 590. The van der Waals surface area contributed by atoms with Gasteiger partial charge in [0.2, 0.25) is 10.0 Å². The van der Waals surface area contributed by atoms with Crippen LogP contribution in [0.1, 0.15) is 13.3 Å². The number of hydrogen-bond donors (Lipinski definition) is 1. The van der Waals surface area contributed by atoms with Gasteiger partial charge in [0.1, 0.15) is 5.75 Å². The van der Waals surface area contributed by atoms with Crippen LogP contribution in [0.25, 0.3) is 0 Å². The van der Waals surface area contributed by atoms with Crippen LogP contribution in [-0.4, -0.2) is 44.1 Å². The van der Waals surface area contributed by atoms with E-state index >= 15 is 0 Å². The second-order valence-corrected chi connectivity index (χ2v) is 7.67. The molecule has 0 bridgehead atoms. The molecule has 0 radical (unpaired) electrons. The number of nitrogens with zero attached hydrogens (tertiary/aromatic N) is 1. The quantitative estimate of drug-likeness (QED) is 0.886. The van der Waals surface area contributed by atoms with Gasteiger partial charge in [0.15, 0.2) is 0 Å². The van der Waals surface area contributed by atoms with E-state index in [1.165, 1.54) is 23.5 Å². The second-order valence-electron chi connectivity index (χ2n) is 4.93. The molecule has 0 spiro atoms. The summed E-state index contributed by atoms with van der Waals surface area (Å²) in [6, 6.07) is 4.33. The average molecular weight is 364 g/mol. The van der Waals surface area contributed by atoms with E-state index < -0.39 is 10.0 Å². The highest BCUT2D eigenvalue weighted by molar-refractivity contribution is 9.10. The highest BCUT2D eigenvalue weighted by Crippen LogP contribution is 2.33. The van der Waals surface area contributed by atoms with E-state index in [-0.39, 0.29) is 23.5 Å². The molecule has 7 heteroatoms. The summed E-state index contributed by atoms with van der Waals surface area (Å²) in [5.74, 6) is 0.744. The zero-order valence-electron chi connectivity index (χ0n) is 11.4. The van der Waals surface area contributed by atoms with E-state index in [0.717, 1.165) is 6.42 Å². The molecule has 1 aliphatic heterocycles. The van der Waals surface area contributed by atoms with E-state index in [0.29, 0.717) is 16.8 Å². The summed E-state index contributed by atoms with van der Waals surface area (Å²) in [5.41, 5.74) is 0. The minimum Gasteiger partial charge on any atom is -0.496 e. The van der Waals surface area contributed by atoms with Crippen molar-refractivity contribution in [2.24, 2.45) is 5.92 Å². The minimum atomic E-state index is -3.59. The number of halogens is 1. The van der Waals surface area contributed by atoms with Crippen molar-refractivity contribution in [3.8, 4) is 5.75 Å². The Morgan fingerprint density at radius 3 is 2.75 bits per heavy atom. The molecular weight excluding hydrogens is 346 g/mol. The Hall–Kier alpha value is -0.630. The van der Waals surface area contributed by atoms with Gasteiger partial charge in [-0.15, -0.1) is 0 Å². The van der Waals surface area contributed by atoms with Gasteiger partial charge < -0.3 is 9.84 Å². The van der Waals surface area contributed by atoms with Crippen LogP contribution in [0, 0.1) is 5.92 Å². The summed E-state index contributed by atoms with van der Waals surface area (Å²) >= 11 is 3.30. The van der Waals surface area contributed by atoms with Gasteiger partial charge in [0.05, 0.1) is 29.1 Å². The van der Waals surface area contributed by atoms with Gasteiger partial charge in [0, 0.05) is 6.54 Å². The summed E-state index contributed by atoms with van der Waals surface area (Å²) in [5, 5.41) is 9.42. The molecule has 2 atom stereocenters. The molecule has 1 fully saturated rings. The topological polar surface area (TPSA) is 66.8 Å². The van der Waals surface area contributed by atoms with Gasteiger partial charge >= 0.3 is 0 Å². The molecule has 112 valence electrons. The van der Waals surface area contributed by atoms with E-state index in [2.05, 4.69) is 15.9 Å². The lowest BCUT2D eigenvalue weighted by atomic mass is 10.0. The average Bonchev–Trinajstić information content (AvgIpc) is 2.80. The fourth-order valence-electron chi connectivity index (χ4n) is 2.49. The zero-order chi connectivity index (χ0) is 14.9. The Labute approximate surface area is 127 Å². The van der Waals surface area contributed by atoms with Gasteiger partial charge in [-0.3, -0.25) is 0 Å². The van der Waals surface area contributed by atoms with Gasteiger partial charge in [-0.2, -0.15) is 4.31 Å². The van der Waals surface area contributed by atoms with Gasteiger partial charge in [-0.05, 0) is 46.5 Å². The van der Waals surface area contributed by atoms with Crippen LogP contribution in [0.2, 0.25) is 0 Å². The number of sulfonamides is 1. The Kier molecular flexibility index (Phi) is 4.73. The number of hydrogen-bond acceptors (Lipinski definition) is 4. The lowest BCUT2D eigenvalue weighted by Crippen LogP contribution is -2.39. The lowest BCUT2D eigenvalue weighted by molar-refractivity contribution is 0.191. The summed E-state index contributed by atoms with van der Waals surface area (Å²) in [7, 11) is -2.07. The highest BCUT2D eigenvalue weighted by atomic mass is 79.9. The van der Waals surface area contributed by atoms with Crippen LogP contribution in [-0.2, 0) is 10.0 Å². The van der Waals surface area contributed by atoms with Crippen molar-refractivity contribution in [3.63, 3.8) is 0 Å². The molecule has 1 saturated heterocycles. The molecule has 0 aliphatic carbocycles. The molecule has 1 aromatic carbocycles. The van der Waals surface area contributed by atoms with Crippen LogP contribution >= 0.6 is 15.9 Å². The van der Waals surface area contributed by atoms with E-state index in [4.69, 9.17) is 4.74 Å². The Morgan fingerprint density at radius 2 is 2.20 bits per heavy atom. The predicted molar refractivity (Wildman–Crippen MR) is 79.2 cm³/mol. The predicted octanol–water partition coefficient (Wildman–Crippen LogP) is 1.85. The SMILES string of the molecule is COc1ccc(S(=O)(=O)N2CCC(C)C2CO)cc1Br. The molecule has 0 aromatic heterocycles. The Balaban J connectivity index is 2.38. The van der Waals surface area contributed by atoms with Crippen molar-refractivity contribution in [1.29, 1.82) is 0 Å². The molecule has 20 heavy (non-hydrogen) atoms. The molecule has 1 N–H and O–H groups in total. The number of benzene rings is 1. The van der Waals surface area contributed by atoms with Crippen molar-refractivity contribution in [3.05, 3.63) is 22.7 Å². The summed E-state index contributed by atoms with van der Waals surface area (Å²) in [4.78, 5) is 0.206. The van der Waals surface area contributed by atoms with Crippen molar-refractivity contribution in [1.82, 2.24) is 4.31 Å². The fourth-order valence-corrected chi connectivity index (χ4v) is 4.93. The zero-order valence-corrected chi connectivity index (χ0v) is 13.8. The molecule has 1 aliphatic rings. The third-order valence-electron chi connectivity index (χ3n) is 3.75. The molecule has 2 rings (SSSR count). The third-order valence-corrected chi connectivity index (χ3v) is 6.29. The summed E-state index contributed by atoms with van der Waals surface area (Å²) in [6.45, 7) is 2.25. The van der Waals surface area contributed by atoms with Crippen molar-refractivity contribution in [2.45, 2.75) is 24.3 Å². The van der Waals surface area contributed by atoms with Crippen molar-refractivity contribution < 1.29 is 18.3 Å². The molecule has 2 unspecified atom stereocenters. The van der Waals surface area contributed by atoms with Crippen LogP contribution < -0.4 is 4.74 Å². The van der Waals surface area contributed by atoms with E-state index in [1.807, 2.05) is 6.92 Å². The lowest BCUT2D eigenvalue weighted by Gasteiger charge is -2.24. The fraction of sp³-hybridized carbons (Fsp3) is 0.538. The highest BCUT2D eigenvalue weighted by Gasteiger charge is 2.39. The maximum absolute atomic E-state index is 12.7. The third kappa shape index (κ3) is 2.72. The largest absolute Gasteiger partial charge is 0.496 e. The standard InChI is InChI=1S/C13H18BrNO4S/c1-9-5-6-15(12(9)8-16)20(17,18)10-3-4-13(19-2)11(14)7-10/h3-4,7,9,12,16H,5-6,8H2,1-2H3. The molecular formula is C13H18BrNO4S. The first kappa shape index (κ1) is 15.8. The van der Waals surface area contributed by atoms with Crippen LogP contribution in [0.3, 0.4) is 0 Å². The normalized spacial score (nSPS) is 24.0. The first-order valence-electron chi connectivity index (χ1n) is 6.38. The summed E-state index contributed by atoms with van der Waals surface area (Å²) < 4.78 is 32.4. The molecule has 0 saturated carbocycles. The van der Waals surface area contributed by atoms with Crippen LogP contribution in [0.4, 0.5) is 0 Å². The Morgan fingerprint density at radius 1 is 1.50 bits per heavy atom. The van der Waals surface area contributed by atoms with E-state index in [9.17, 15) is 13.5 Å². The van der Waals surface area contributed by atoms with Gasteiger partial charge in [0.25, 0.3) is 0 Å². The van der Waals surface area contributed by atoms with E-state index in [1.54, 1.807) is 6.07 Å².